The van der Waals surface area contributed by atoms with Crippen LogP contribution >= 0.6 is 0 Å². The number of nitrogens with one attached hydrogen (secondary N) is 2. The lowest BCUT2D eigenvalue weighted by molar-refractivity contribution is -0.0661. The van der Waals surface area contributed by atoms with E-state index in [0.29, 0.717) is 19.1 Å². The van der Waals surface area contributed by atoms with Gasteiger partial charge in [0.2, 0.25) is 0 Å². The molecule has 2 N–H and O–H groups in total. The van der Waals surface area contributed by atoms with Crippen LogP contribution in [0, 0.1) is 0 Å². The highest BCUT2D eigenvalue weighted by Gasteiger charge is 2.38. The molecule has 0 amide bonds. The third-order valence-electron chi connectivity index (χ3n) is 4.35. The van der Waals surface area contributed by atoms with Gasteiger partial charge in [0.05, 0.1) is 5.60 Å². The van der Waals surface area contributed by atoms with E-state index in [0.717, 1.165) is 32.2 Å². The standard InChI is InChI=1S/C13H27N3O3S/c1-16(10-4-9-14-12-5-6-12)20(17,18)15-11-13(19-2)7-3-8-13/h12,14-15H,3-11H2,1-2H3. The molecule has 0 unspecified atom stereocenters. The average Bonchev–Trinajstić information content (AvgIpc) is 3.17. The van der Waals surface area contributed by atoms with Gasteiger partial charge in [-0.3, -0.25) is 0 Å². The van der Waals surface area contributed by atoms with E-state index in [9.17, 15) is 8.42 Å². The Morgan fingerprint density at radius 2 is 2.05 bits per heavy atom. The minimum atomic E-state index is -3.39. The highest BCUT2D eigenvalue weighted by molar-refractivity contribution is 7.87. The van der Waals surface area contributed by atoms with Crippen molar-refractivity contribution in [1.29, 1.82) is 0 Å². The lowest BCUT2D eigenvalue weighted by atomic mass is 9.80. The molecule has 0 atom stereocenters. The Morgan fingerprint density at radius 1 is 1.35 bits per heavy atom. The molecule has 118 valence electrons. The number of nitrogens with zero attached hydrogens (tertiary/aromatic N) is 1. The van der Waals surface area contributed by atoms with Crippen LogP contribution in [-0.4, -0.2) is 58.2 Å². The quantitative estimate of drug-likeness (QED) is 0.575. The van der Waals surface area contributed by atoms with Gasteiger partial charge >= 0.3 is 0 Å². The molecule has 2 fully saturated rings. The first-order valence-electron chi connectivity index (χ1n) is 7.47. The van der Waals surface area contributed by atoms with Crippen LogP contribution in [0.1, 0.15) is 38.5 Å². The Balaban J connectivity index is 1.67. The molecule has 0 saturated heterocycles. The van der Waals surface area contributed by atoms with Crippen molar-refractivity contribution >= 4 is 10.2 Å². The lowest BCUT2D eigenvalue weighted by Gasteiger charge is -2.40. The van der Waals surface area contributed by atoms with Gasteiger partial charge in [0.1, 0.15) is 0 Å². The maximum atomic E-state index is 12.1. The number of ether oxygens (including phenoxy) is 1. The van der Waals surface area contributed by atoms with Gasteiger partial charge in [0.25, 0.3) is 10.2 Å². The second-order valence-electron chi connectivity index (χ2n) is 5.97. The normalized spacial score (nSPS) is 21.9. The van der Waals surface area contributed by atoms with Crippen molar-refractivity contribution in [2.75, 3.05) is 33.8 Å². The SMILES string of the molecule is COC1(CNS(=O)(=O)N(C)CCCNC2CC2)CCC1. The Bertz CT molecular complexity index is 400. The first-order valence-corrected chi connectivity index (χ1v) is 8.91. The summed E-state index contributed by atoms with van der Waals surface area (Å²) in [5.41, 5.74) is -0.276. The van der Waals surface area contributed by atoms with Gasteiger partial charge in [0.15, 0.2) is 0 Å². The van der Waals surface area contributed by atoms with E-state index in [2.05, 4.69) is 10.0 Å². The van der Waals surface area contributed by atoms with Crippen molar-refractivity contribution in [2.45, 2.75) is 50.2 Å². The molecule has 2 rings (SSSR count). The highest BCUT2D eigenvalue weighted by Crippen LogP contribution is 2.34. The minimum absolute atomic E-state index is 0.276. The fourth-order valence-electron chi connectivity index (χ4n) is 2.37. The van der Waals surface area contributed by atoms with Crippen molar-refractivity contribution in [3.8, 4) is 0 Å². The Hall–Kier alpha value is -0.210. The van der Waals surface area contributed by atoms with E-state index in [4.69, 9.17) is 4.74 Å². The molecular weight excluding hydrogens is 278 g/mol. The van der Waals surface area contributed by atoms with Gasteiger partial charge in [-0.25, -0.2) is 0 Å². The third-order valence-corrected chi connectivity index (χ3v) is 5.86. The van der Waals surface area contributed by atoms with E-state index >= 15 is 0 Å². The minimum Gasteiger partial charge on any atom is -0.377 e. The molecule has 7 heteroatoms. The number of methoxy groups -OCH3 is 1. The molecular formula is C13H27N3O3S. The van der Waals surface area contributed by atoms with Crippen LogP contribution in [0.15, 0.2) is 0 Å². The average molecular weight is 305 g/mol. The summed E-state index contributed by atoms with van der Waals surface area (Å²) < 4.78 is 33.7. The molecule has 0 bridgehead atoms. The first kappa shape index (κ1) is 16.2. The van der Waals surface area contributed by atoms with E-state index in [1.807, 2.05) is 0 Å². The van der Waals surface area contributed by atoms with Crippen molar-refractivity contribution < 1.29 is 13.2 Å². The maximum Gasteiger partial charge on any atom is 0.279 e. The van der Waals surface area contributed by atoms with Gasteiger partial charge in [0, 0.05) is 33.3 Å². The van der Waals surface area contributed by atoms with Gasteiger partial charge in [-0.1, -0.05) is 0 Å². The summed E-state index contributed by atoms with van der Waals surface area (Å²) in [5, 5.41) is 3.39. The van der Waals surface area contributed by atoms with Crippen LogP contribution in [-0.2, 0) is 14.9 Å². The van der Waals surface area contributed by atoms with Crippen molar-refractivity contribution in [3.05, 3.63) is 0 Å². The summed E-state index contributed by atoms with van der Waals surface area (Å²) in [7, 11) is -0.111. The van der Waals surface area contributed by atoms with Crippen molar-refractivity contribution in [1.82, 2.24) is 14.3 Å². The molecule has 0 aromatic rings. The van der Waals surface area contributed by atoms with Crippen LogP contribution in [0.5, 0.6) is 0 Å². The number of rotatable bonds is 10. The molecule has 0 spiro atoms. The lowest BCUT2D eigenvalue weighted by Crippen LogP contribution is -2.51. The fraction of sp³-hybridized carbons (Fsp3) is 1.00. The van der Waals surface area contributed by atoms with E-state index in [1.54, 1.807) is 14.2 Å². The fourth-order valence-corrected chi connectivity index (χ4v) is 3.41. The third kappa shape index (κ3) is 4.39. The van der Waals surface area contributed by atoms with Crippen LogP contribution in [0.3, 0.4) is 0 Å². The molecule has 6 nitrogen and oxygen atoms in total. The number of hydrogen-bond acceptors (Lipinski definition) is 4. The summed E-state index contributed by atoms with van der Waals surface area (Å²) in [6, 6.07) is 0.676. The Labute approximate surface area is 122 Å². The monoisotopic (exact) mass is 305 g/mol. The largest absolute Gasteiger partial charge is 0.377 e. The molecule has 0 aromatic carbocycles. The summed E-state index contributed by atoms with van der Waals surface area (Å²) in [6.07, 6.45) is 6.33. The second kappa shape index (κ2) is 6.70. The van der Waals surface area contributed by atoms with Gasteiger partial charge < -0.3 is 10.1 Å². The van der Waals surface area contributed by atoms with Gasteiger partial charge in [-0.05, 0) is 45.1 Å². The zero-order valence-electron chi connectivity index (χ0n) is 12.5. The Morgan fingerprint density at radius 3 is 2.55 bits per heavy atom. The predicted molar refractivity (Wildman–Crippen MR) is 78.8 cm³/mol. The molecule has 2 aliphatic rings. The van der Waals surface area contributed by atoms with Crippen LogP contribution in [0.25, 0.3) is 0 Å². The van der Waals surface area contributed by atoms with Crippen molar-refractivity contribution in [2.24, 2.45) is 0 Å². The summed E-state index contributed by atoms with van der Waals surface area (Å²) >= 11 is 0. The molecule has 0 aromatic heterocycles. The zero-order valence-corrected chi connectivity index (χ0v) is 13.3. The van der Waals surface area contributed by atoms with Crippen LogP contribution in [0.2, 0.25) is 0 Å². The molecule has 2 saturated carbocycles. The van der Waals surface area contributed by atoms with Gasteiger partial charge in [-0.2, -0.15) is 17.4 Å². The molecule has 0 aliphatic heterocycles. The highest BCUT2D eigenvalue weighted by atomic mass is 32.2. The number of hydrogen-bond donors (Lipinski definition) is 2. The summed E-state index contributed by atoms with van der Waals surface area (Å²) in [5.74, 6) is 0. The molecule has 20 heavy (non-hydrogen) atoms. The zero-order chi connectivity index (χ0) is 14.6. The topological polar surface area (TPSA) is 70.7 Å². The summed E-state index contributed by atoms with van der Waals surface area (Å²) in [6.45, 7) is 1.79. The summed E-state index contributed by atoms with van der Waals surface area (Å²) in [4.78, 5) is 0. The Kier molecular flexibility index (Phi) is 5.42. The molecule has 2 aliphatic carbocycles. The van der Waals surface area contributed by atoms with E-state index < -0.39 is 10.2 Å². The molecule has 0 radical (unpaired) electrons. The van der Waals surface area contributed by atoms with Crippen LogP contribution in [0.4, 0.5) is 0 Å². The maximum absolute atomic E-state index is 12.1. The smallest absolute Gasteiger partial charge is 0.279 e. The molecule has 0 heterocycles. The van der Waals surface area contributed by atoms with E-state index in [1.165, 1.54) is 17.1 Å². The first-order chi connectivity index (χ1) is 9.47. The second-order valence-corrected chi connectivity index (χ2v) is 7.83. The predicted octanol–water partition coefficient (Wildman–Crippen LogP) is 0.464. The van der Waals surface area contributed by atoms with Gasteiger partial charge in [-0.15, -0.1) is 0 Å². The van der Waals surface area contributed by atoms with Crippen molar-refractivity contribution in [3.63, 3.8) is 0 Å². The van der Waals surface area contributed by atoms with E-state index in [-0.39, 0.29) is 5.60 Å². The van der Waals surface area contributed by atoms with Crippen LogP contribution < -0.4 is 10.0 Å².